The molecule has 0 aromatic carbocycles. The normalized spacial score (nSPS) is 52.9. The predicted octanol–water partition coefficient (Wildman–Crippen LogP) is -0.508. The molecule has 8 heavy (non-hydrogen) atoms. The Balaban J connectivity index is 2.11. The Morgan fingerprint density at radius 2 is 2.38 bits per heavy atom. The minimum atomic E-state index is -0.270. The van der Waals surface area contributed by atoms with E-state index < -0.39 is 0 Å². The maximum absolute atomic E-state index is 9.01. The van der Waals surface area contributed by atoms with E-state index in [4.69, 9.17) is 14.6 Å². The first-order valence-corrected chi connectivity index (χ1v) is 2.81. The van der Waals surface area contributed by atoms with Crippen molar-refractivity contribution in [1.82, 2.24) is 0 Å². The fraction of sp³-hybridized carbons (Fsp3) is 1.00. The molecule has 0 aromatic rings. The molecule has 0 amide bonds. The van der Waals surface area contributed by atoms with Gasteiger partial charge in [0.05, 0.1) is 12.7 Å². The summed E-state index contributed by atoms with van der Waals surface area (Å²) in [5.41, 5.74) is 0. The smallest absolute Gasteiger partial charge is 0.160 e. The van der Waals surface area contributed by atoms with Crippen LogP contribution in [-0.2, 0) is 9.47 Å². The van der Waals surface area contributed by atoms with Crippen molar-refractivity contribution in [1.29, 1.82) is 0 Å². The van der Waals surface area contributed by atoms with Gasteiger partial charge in [0, 0.05) is 6.42 Å². The number of aliphatic hydroxyl groups is 1. The van der Waals surface area contributed by atoms with Gasteiger partial charge in [0.1, 0.15) is 6.10 Å². The van der Waals surface area contributed by atoms with Crippen LogP contribution in [0.4, 0.5) is 0 Å². The van der Waals surface area contributed by atoms with Gasteiger partial charge < -0.3 is 14.6 Å². The van der Waals surface area contributed by atoms with Gasteiger partial charge >= 0.3 is 0 Å². The summed E-state index contributed by atoms with van der Waals surface area (Å²) < 4.78 is 10.2. The lowest BCUT2D eigenvalue weighted by atomic mass is 10.2. The molecule has 2 bridgehead atoms. The Labute approximate surface area is 47.2 Å². The van der Waals surface area contributed by atoms with Gasteiger partial charge in [0.25, 0.3) is 0 Å². The zero-order valence-electron chi connectivity index (χ0n) is 4.41. The molecule has 3 atom stereocenters. The molecule has 0 aliphatic carbocycles. The lowest BCUT2D eigenvalue weighted by Gasteiger charge is -2.10. The van der Waals surface area contributed by atoms with E-state index in [1.54, 1.807) is 0 Å². The highest BCUT2D eigenvalue weighted by molar-refractivity contribution is 4.82. The van der Waals surface area contributed by atoms with Crippen LogP contribution in [0.1, 0.15) is 6.42 Å². The summed E-state index contributed by atoms with van der Waals surface area (Å²) in [5.74, 6) is 0. The van der Waals surface area contributed by atoms with Crippen LogP contribution in [0, 0.1) is 0 Å². The first-order valence-electron chi connectivity index (χ1n) is 2.81. The monoisotopic (exact) mass is 116 g/mol. The molecule has 0 aromatic heterocycles. The molecule has 2 heterocycles. The van der Waals surface area contributed by atoms with Crippen molar-refractivity contribution >= 4 is 0 Å². The highest BCUT2D eigenvalue weighted by Crippen LogP contribution is 2.27. The van der Waals surface area contributed by atoms with Crippen molar-refractivity contribution < 1.29 is 14.6 Å². The number of hydrogen-bond acceptors (Lipinski definition) is 3. The largest absolute Gasteiger partial charge is 0.390 e. The number of hydrogen-bond donors (Lipinski definition) is 1. The van der Waals surface area contributed by atoms with E-state index in [0.717, 1.165) is 0 Å². The van der Waals surface area contributed by atoms with Crippen molar-refractivity contribution in [3.05, 3.63) is 0 Å². The van der Waals surface area contributed by atoms with Crippen LogP contribution in [0.2, 0.25) is 0 Å². The van der Waals surface area contributed by atoms with Gasteiger partial charge in [-0.15, -0.1) is 0 Å². The van der Waals surface area contributed by atoms with Gasteiger partial charge in [-0.25, -0.2) is 0 Å². The third-order valence-corrected chi connectivity index (χ3v) is 1.64. The van der Waals surface area contributed by atoms with Crippen LogP contribution in [-0.4, -0.2) is 30.2 Å². The SMILES string of the molecule is O[C@H]1C[C@H]2OC[C@@H]1O2. The fourth-order valence-electron chi connectivity index (χ4n) is 1.15. The van der Waals surface area contributed by atoms with Crippen LogP contribution in [0.25, 0.3) is 0 Å². The van der Waals surface area contributed by atoms with Crippen LogP contribution < -0.4 is 0 Å². The number of ether oxygens (including phenoxy) is 2. The van der Waals surface area contributed by atoms with E-state index in [1.807, 2.05) is 0 Å². The minimum absolute atomic E-state index is 0.0278. The van der Waals surface area contributed by atoms with Crippen molar-refractivity contribution in [2.45, 2.75) is 24.9 Å². The lowest BCUT2D eigenvalue weighted by Crippen LogP contribution is -2.26. The molecule has 0 saturated carbocycles. The highest BCUT2D eigenvalue weighted by atomic mass is 16.7. The summed E-state index contributed by atoms with van der Waals surface area (Å²) in [6.45, 7) is 0.575. The second-order valence-electron chi connectivity index (χ2n) is 2.24. The van der Waals surface area contributed by atoms with Gasteiger partial charge in [-0.3, -0.25) is 0 Å². The van der Waals surface area contributed by atoms with Gasteiger partial charge in [0.15, 0.2) is 6.29 Å². The Bertz CT molecular complexity index is 102. The van der Waals surface area contributed by atoms with E-state index in [2.05, 4.69) is 0 Å². The average molecular weight is 116 g/mol. The van der Waals surface area contributed by atoms with E-state index in [0.29, 0.717) is 13.0 Å². The molecule has 2 saturated heterocycles. The van der Waals surface area contributed by atoms with E-state index in [-0.39, 0.29) is 18.5 Å². The molecule has 2 rings (SSSR count). The molecule has 2 aliphatic rings. The van der Waals surface area contributed by atoms with E-state index in [9.17, 15) is 0 Å². The maximum atomic E-state index is 9.01. The molecule has 2 aliphatic heterocycles. The van der Waals surface area contributed by atoms with Crippen molar-refractivity contribution in [2.75, 3.05) is 6.61 Å². The summed E-state index contributed by atoms with van der Waals surface area (Å²) in [6.07, 6.45) is 0.258. The van der Waals surface area contributed by atoms with Gasteiger partial charge in [-0.1, -0.05) is 0 Å². The molecule has 0 spiro atoms. The zero-order valence-corrected chi connectivity index (χ0v) is 4.41. The lowest BCUT2D eigenvalue weighted by molar-refractivity contribution is -0.0292. The van der Waals surface area contributed by atoms with Crippen LogP contribution in [0.15, 0.2) is 0 Å². The Hall–Kier alpha value is -0.120. The summed E-state index contributed by atoms with van der Waals surface area (Å²) in [5, 5.41) is 9.01. The summed E-state index contributed by atoms with van der Waals surface area (Å²) in [7, 11) is 0. The van der Waals surface area contributed by atoms with Crippen molar-refractivity contribution in [3.8, 4) is 0 Å². The number of rotatable bonds is 0. The highest BCUT2D eigenvalue weighted by Gasteiger charge is 2.40. The predicted molar refractivity (Wildman–Crippen MR) is 25.2 cm³/mol. The van der Waals surface area contributed by atoms with Gasteiger partial charge in [0.2, 0.25) is 0 Å². The van der Waals surface area contributed by atoms with Crippen molar-refractivity contribution in [3.63, 3.8) is 0 Å². The second kappa shape index (κ2) is 1.43. The van der Waals surface area contributed by atoms with Gasteiger partial charge in [-0.05, 0) is 0 Å². The third-order valence-electron chi connectivity index (χ3n) is 1.64. The van der Waals surface area contributed by atoms with Crippen LogP contribution in [0.5, 0.6) is 0 Å². The Morgan fingerprint density at radius 3 is 2.62 bits per heavy atom. The van der Waals surface area contributed by atoms with Crippen LogP contribution in [0.3, 0.4) is 0 Å². The first-order chi connectivity index (χ1) is 3.86. The molecule has 46 valence electrons. The molecule has 1 N–H and O–H groups in total. The Kier molecular flexibility index (Phi) is 0.848. The summed E-state index contributed by atoms with van der Waals surface area (Å²) in [6, 6.07) is 0. The van der Waals surface area contributed by atoms with E-state index >= 15 is 0 Å². The molecule has 0 radical (unpaired) electrons. The standard InChI is InChI=1S/C5H8O3/c6-3-1-5-7-2-4(3)8-5/h3-6H,1-2H2/t3-,4-,5-/m0/s1. The fourth-order valence-corrected chi connectivity index (χ4v) is 1.15. The second-order valence-corrected chi connectivity index (χ2v) is 2.24. The van der Waals surface area contributed by atoms with Crippen molar-refractivity contribution in [2.24, 2.45) is 0 Å². The average Bonchev–Trinajstić information content (AvgIpc) is 2.23. The first kappa shape index (κ1) is 4.73. The minimum Gasteiger partial charge on any atom is -0.390 e. The molecule has 0 unspecified atom stereocenters. The number of fused-ring (bicyclic) bond motifs is 2. The molecule has 3 nitrogen and oxygen atoms in total. The maximum Gasteiger partial charge on any atom is 0.160 e. The molecule has 3 heteroatoms. The Morgan fingerprint density at radius 1 is 1.50 bits per heavy atom. The third kappa shape index (κ3) is 0.491. The topological polar surface area (TPSA) is 38.7 Å². The summed E-state index contributed by atoms with van der Waals surface area (Å²) >= 11 is 0. The molecule has 2 fully saturated rings. The van der Waals surface area contributed by atoms with Gasteiger partial charge in [-0.2, -0.15) is 0 Å². The summed E-state index contributed by atoms with van der Waals surface area (Å²) in [4.78, 5) is 0. The van der Waals surface area contributed by atoms with E-state index in [1.165, 1.54) is 0 Å². The molecular weight excluding hydrogens is 108 g/mol. The quantitative estimate of drug-likeness (QED) is 0.463. The van der Waals surface area contributed by atoms with Crippen LogP contribution >= 0.6 is 0 Å². The molecular formula is C5H8O3. The zero-order chi connectivity index (χ0) is 5.56. The number of aliphatic hydroxyl groups excluding tert-OH is 1.